The van der Waals surface area contributed by atoms with Gasteiger partial charge in [0.1, 0.15) is 24.4 Å². The van der Waals surface area contributed by atoms with Crippen molar-refractivity contribution in [2.24, 2.45) is 0 Å². The van der Waals surface area contributed by atoms with Gasteiger partial charge in [-0.25, -0.2) is 0 Å². The molecule has 220 valence electrons. The Morgan fingerprint density at radius 3 is 2.13 bits per heavy atom. The van der Waals surface area contributed by atoms with Gasteiger partial charge in [-0.15, -0.1) is 18.2 Å². The summed E-state index contributed by atoms with van der Waals surface area (Å²) < 4.78 is 39.6. The van der Waals surface area contributed by atoms with E-state index in [0.717, 1.165) is 73.0 Å². The number of hydrogen-bond acceptors (Lipinski definition) is 7. The molecule has 1 fully saturated rings. The van der Waals surface area contributed by atoms with Crippen molar-refractivity contribution in [3.8, 4) is 12.3 Å². The van der Waals surface area contributed by atoms with E-state index in [2.05, 4.69) is 45.7 Å². The Labute approximate surface area is 241 Å². The van der Waals surface area contributed by atoms with Crippen LogP contribution in [-0.2, 0) is 40.8 Å². The molecule has 0 radical (unpaired) electrons. The quantitative estimate of drug-likeness (QED) is 0.110. The molecular formula is C32H50O6S. The predicted molar refractivity (Wildman–Crippen MR) is 157 cm³/mol. The van der Waals surface area contributed by atoms with Crippen molar-refractivity contribution in [3.05, 3.63) is 28.8 Å². The van der Waals surface area contributed by atoms with Crippen LogP contribution in [0.1, 0.15) is 95.8 Å². The Morgan fingerprint density at radius 2 is 1.51 bits per heavy atom. The largest absolute Gasteiger partial charge is 0.379 e. The van der Waals surface area contributed by atoms with E-state index in [1.807, 2.05) is 6.26 Å². The van der Waals surface area contributed by atoms with Gasteiger partial charge in [-0.05, 0) is 49.6 Å². The van der Waals surface area contributed by atoms with Gasteiger partial charge in [-0.1, -0.05) is 59.3 Å². The van der Waals surface area contributed by atoms with Crippen LogP contribution >= 0.6 is 11.8 Å². The maximum atomic E-state index is 6.99. The van der Waals surface area contributed by atoms with Crippen LogP contribution in [0.2, 0.25) is 0 Å². The highest BCUT2D eigenvalue weighted by atomic mass is 32.2. The van der Waals surface area contributed by atoms with Gasteiger partial charge in [0, 0.05) is 42.4 Å². The average molecular weight is 563 g/mol. The van der Waals surface area contributed by atoms with Gasteiger partial charge in [0.2, 0.25) is 5.79 Å². The summed E-state index contributed by atoms with van der Waals surface area (Å²) in [6.07, 6.45) is 14.5. The van der Waals surface area contributed by atoms with Gasteiger partial charge in [0.05, 0.1) is 13.2 Å². The number of terminal acetylenes is 1. The van der Waals surface area contributed by atoms with E-state index in [4.69, 9.17) is 34.8 Å². The Balaban J connectivity index is 2.07. The lowest BCUT2D eigenvalue weighted by Gasteiger charge is -2.51. The van der Waals surface area contributed by atoms with Crippen LogP contribution in [0.15, 0.2) is 17.0 Å². The lowest BCUT2D eigenvalue weighted by Crippen LogP contribution is -2.66. The topological polar surface area (TPSA) is 55.4 Å². The number of rotatable bonds is 18. The van der Waals surface area contributed by atoms with Gasteiger partial charge in [0.15, 0.2) is 0 Å². The fourth-order valence-electron chi connectivity index (χ4n) is 5.15. The molecule has 0 N–H and O–H groups in total. The molecule has 39 heavy (non-hydrogen) atoms. The van der Waals surface area contributed by atoms with Crippen LogP contribution in [0.4, 0.5) is 0 Å². The minimum atomic E-state index is -1.15. The number of benzene rings is 1. The van der Waals surface area contributed by atoms with E-state index < -0.39 is 11.9 Å². The molecule has 1 spiro atoms. The second-order valence-corrected chi connectivity index (χ2v) is 11.3. The summed E-state index contributed by atoms with van der Waals surface area (Å²) in [7, 11) is 0. The summed E-state index contributed by atoms with van der Waals surface area (Å²) in [6.45, 7) is 12.0. The van der Waals surface area contributed by atoms with Crippen molar-refractivity contribution in [2.45, 2.75) is 121 Å². The summed E-state index contributed by atoms with van der Waals surface area (Å²) in [4.78, 5) is 1.06. The third-order valence-electron chi connectivity index (χ3n) is 7.42. The van der Waals surface area contributed by atoms with Crippen LogP contribution in [-0.4, -0.2) is 63.7 Å². The SMILES string of the molecule is C#Cc1cc2c(cc1SC)CO[C@]21O[C@H](COCCCC)[C@@H](OCCCC)[C@H](OCCCC)[C@H]1OCCCC. The zero-order valence-corrected chi connectivity index (χ0v) is 25.6. The molecule has 3 rings (SSSR count). The molecule has 0 bridgehead atoms. The Kier molecular flexibility index (Phi) is 14.1. The summed E-state index contributed by atoms with van der Waals surface area (Å²) >= 11 is 1.65. The lowest BCUT2D eigenvalue weighted by atomic mass is 9.86. The minimum absolute atomic E-state index is 0.336. The number of unbranched alkanes of at least 4 members (excludes halogenated alkanes) is 4. The lowest BCUT2D eigenvalue weighted by molar-refractivity contribution is -0.384. The van der Waals surface area contributed by atoms with Crippen LogP contribution in [0, 0.1) is 12.3 Å². The van der Waals surface area contributed by atoms with Crippen molar-refractivity contribution in [3.63, 3.8) is 0 Å². The molecular weight excluding hydrogens is 512 g/mol. The number of hydrogen-bond donors (Lipinski definition) is 0. The maximum absolute atomic E-state index is 6.99. The molecule has 1 saturated heterocycles. The van der Waals surface area contributed by atoms with Crippen molar-refractivity contribution in [1.82, 2.24) is 0 Å². The highest BCUT2D eigenvalue weighted by molar-refractivity contribution is 7.98. The third kappa shape index (κ3) is 8.01. The summed E-state index contributed by atoms with van der Waals surface area (Å²) in [5.41, 5.74) is 2.85. The minimum Gasteiger partial charge on any atom is -0.379 e. The van der Waals surface area contributed by atoms with Crippen molar-refractivity contribution in [1.29, 1.82) is 0 Å². The number of ether oxygens (including phenoxy) is 6. The smallest absolute Gasteiger partial charge is 0.226 e. The predicted octanol–water partition coefficient (Wildman–Crippen LogP) is 6.84. The van der Waals surface area contributed by atoms with Crippen molar-refractivity contribution < 1.29 is 28.4 Å². The monoisotopic (exact) mass is 562 g/mol. The Morgan fingerprint density at radius 1 is 0.897 bits per heavy atom. The van der Waals surface area contributed by atoms with Crippen molar-refractivity contribution in [2.75, 3.05) is 39.3 Å². The first-order valence-electron chi connectivity index (χ1n) is 15.0. The molecule has 1 aromatic rings. The molecule has 0 aliphatic carbocycles. The normalized spacial score (nSPS) is 26.2. The van der Waals surface area contributed by atoms with Gasteiger partial charge < -0.3 is 28.4 Å². The molecule has 2 aliphatic rings. The van der Waals surface area contributed by atoms with Gasteiger partial charge in [-0.3, -0.25) is 0 Å². The first-order valence-corrected chi connectivity index (χ1v) is 16.2. The standard InChI is InChI=1S/C32H50O6S/c1-7-12-16-33-23-27-29(34-17-13-8-2)30(35-18-14-9-3)31(36-19-15-10-4)32(38-27)26-20-24(11-5)28(39-6)21-25(26)22-37-32/h5,20-21,27,29-31H,7-10,12-19,22-23H2,1-4,6H3/t27-,29-,30+,31-,32+/m1/s1. The van der Waals surface area contributed by atoms with E-state index in [0.29, 0.717) is 39.6 Å². The van der Waals surface area contributed by atoms with Crippen LogP contribution in [0.25, 0.3) is 0 Å². The third-order valence-corrected chi connectivity index (χ3v) is 8.20. The fourth-order valence-corrected chi connectivity index (χ4v) is 5.75. The summed E-state index contributed by atoms with van der Waals surface area (Å²) in [5.74, 6) is 1.72. The van der Waals surface area contributed by atoms with Gasteiger partial charge >= 0.3 is 0 Å². The van der Waals surface area contributed by atoms with E-state index >= 15 is 0 Å². The number of fused-ring (bicyclic) bond motifs is 2. The van der Waals surface area contributed by atoms with Crippen LogP contribution in [0.3, 0.4) is 0 Å². The van der Waals surface area contributed by atoms with E-state index in [-0.39, 0.29) is 18.3 Å². The fraction of sp³-hybridized carbons (Fsp3) is 0.750. The zero-order valence-electron chi connectivity index (χ0n) is 24.8. The second kappa shape index (κ2) is 17.0. The average Bonchev–Trinajstić information content (AvgIpc) is 3.30. The van der Waals surface area contributed by atoms with E-state index in [1.165, 1.54) is 0 Å². The second-order valence-electron chi connectivity index (χ2n) is 10.4. The molecule has 2 aliphatic heterocycles. The van der Waals surface area contributed by atoms with Crippen LogP contribution in [0.5, 0.6) is 0 Å². The zero-order chi connectivity index (χ0) is 28.1. The highest BCUT2D eigenvalue weighted by Crippen LogP contribution is 2.49. The first kappa shape index (κ1) is 32.4. The van der Waals surface area contributed by atoms with Crippen LogP contribution < -0.4 is 0 Å². The molecule has 0 unspecified atom stereocenters. The first-order chi connectivity index (χ1) is 19.1. The summed E-state index contributed by atoms with van der Waals surface area (Å²) in [6, 6.07) is 4.20. The highest BCUT2D eigenvalue weighted by Gasteiger charge is 2.61. The molecule has 6 nitrogen and oxygen atoms in total. The molecule has 0 saturated carbocycles. The molecule has 0 aromatic heterocycles. The van der Waals surface area contributed by atoms with Gasteiger partial charge in [0.25, 0.3) is 0 Å². The Hall–Kier alpha value is -1.11. The Bertz CT molecular complexity index is 901. The van der Waals surface area contributed by atoms with E-state index in [9.17, 15) is 0 Å². The summed E-state index contributed by atoms with van der Waals surface area (Å²) in [5, 5.41) is 0. The van der Waals surface area contributed by atoms with Gasteiger partial charge in [-0.2, -0.15) is 0 Å². The molecule has 0 amide bonds. The molecule has 7 heteroatoms. The van der Waals surface area contributed by atoms with Crippen molar-refractivity contribution >= 4 is 11.8 Å². The molecule has 1 aromatic carbocycles. The molecule has 2 heterocycles. The number of thioether (sulfide) groups is 1. The van der Waals surface area contributed by atoms with E-state index in [1.54, 1.807) is 11.8 Å². The maximum Gasteiger partial charge on any atom is 0.226 e. The molecule has 5 atom stereocenters.